The van der Waals surface area contributed by atoms with E-state index < -0.39 is 17.5 Å². The van der Waals surface area contributed by atoms with Gasteiger partial charge in [0.1, 0.15) is 22.6 Å². The molecule has 8 heteroatoms. The number of methoxy groups -OCH3 is 1. The Bertz CT molecular complexity index is 1060. The second-order valence-electron chi connectivity index (χ2n) is 5.97. The van der Waals surface area contributed by atoms with Crippen LogP contribution in [0.5, 0.6) is 11.5 Å². The van der Waals surface area contributed by atoms with Crippen molar-refractivity contribution in [3.05, 3.63) is 70.6 Å². The molecule has 3 rings (SSSR count). The number of fused-ring (bicyclic) bond motifs is 1. The molecular weight excluding hydrogens is 378 g/mol. The van der Waals surface area contributed by atoms with Crippen LogP contribution in [0.1, 0.15) is 10.4 Å². The lowest BCUT2D eigenvalue weighted by Gasteiger charge is -2.08. The van der Waals surface area contributed by atoms with E-state index in [1.807, 2.05) is 6.07 Å². The third kappa shape index (κ3) is 5.43. The number of carbonyl (C=O) groups excluding carboxylic acids is 2. The monoisotopic (exact) mass is 397 g/mol. The van der Waals surface area contributed by atoms with E-state index in [0.29, 0.717) is 17.7 Å². The largest absolute Gasteiger partial charge is 0.482 e. The summed E-state index contributed by atoms with van der Waals surface area (Å²) in [6.45, 7) is 0.326. The number of carbonyl (C=O) groups is 2. The fraction of sp³-hybridized carbons (Fsp3) is 0.190. The number of esters is 1. The van der Waals surface area contributed by atoms with E-state index in [1.165, 1.54) is 25.3 Å². The molecule has 0 aliphatic carbocycles. The van der Waals surface area contributed by atoms with Gasteiger partial charge >= 0.3 is 11.6 Å². The van der Waals surface area contributed by atoms with Crippen molar-refractivity contribution in [1.29, 1.82) is 0 Å². The van der Waals surface area contributed by atoms with Crippen LogP contribution in [0.3, 0.4) is 0 Å². The van der Waals surface area contributed by atoms with Gasteiger partial charge in [0.05, 0.1) is 6.61 Å². The summed E-state index contributed by atoms with van der Waals surface area (Å²) in [5, 5.41) is 3.08. The van der Waals surface area contributed by atoms with Gasteiger partial charge < -0.3 is 23.9 Å². The molecule has 29 heavy (non-hydrogen) atoms. The molecule has 0 aliphatic rings. The van der Waals surface area contributed by atoms with Crippen LogP contribution in [0.4, 0.5) is 0 Å². The Labute approximate surface area is 166 Å². The number of benzene rings is 2. The standard InChI is InChI=1S/C21H19NO7/c1-26-10-9-22-20(24)17-11-14-7-8-16(12-18(14)29-21(17)25)28-19(23)13-27-15-5-3-2-4-6-15/h2-8,11-12H,9-10,13H2,1H3,(H,22,24). The average molecular weight is 397 g/mol. The highest BCUT2D eigenvalue weighted by Gasteiger charge is 2.14. The average Bonchev–Trinajstić information content (AvgIpc) is 2.72. The number of rotatable bonds is 8. The highest BCUT2D eigenvalue weighted by molar-refractivity contribution is 5.96. The lowest BCUT2D eigenvalue weighted by molar-refractivity contribution is -0.136. The summed E-state index contributed by atoms with van der Waals surface area (Å²) in [5.74, 6) is -0.416. The second-order valence-corrected chi connectivity index (χ2v) is 5.97. The van der Waals surface area contributed by atoms with Crippen molar-refractivity contribution in [1.82, 2.24) is 5.32 Å². The molecule has 0 fully saturated rings. The summed E-state index contributed by atoms with van der Waals surface area (Å²) in [5.41, 5.74) is -0.712. The number of para-hydroxylation sites is 1. The van der Waals surface area contributed by atoms with Crippen LogP contribution >= 0.6 is 0 Å². The minimum atomic E-state index is -0.789. The molecule has 0 atom stereocenters. The van der Waals surface area contributed by atoms with Crippen molar-refractivity contribution in [3.8, 4) is 11.5 Å². The van der Waals surface area contributed by atoms with E-state index in [1.54, 1.807) is 30.3 Å². The molecular formula is C21H19NO7. The van der Waals surface area contributed by atoms with Gasteiger partial charge in [-0.25, -0.2) is 9.59 Å². The normalized spacial score (nSPS) is 10.5. The summed E-state index contributed by atoms with van der Waals surface area (Å²) in [4.78, 5) is 36.1. The quantitative estimate of drug-likeness (QED) is 0.269. The Balaban J connectivity index is 1.68. The summed E-state index contributed by atoms with van der Waals surface area (Å²) >= 11 is 0. The van der Waals surface area contributed by atoms with Crippen molar-refractivity contribution in [3.63, 3.8) is 0 Å². The van der Waals surface area contributed by atoms with Crippen LogP contribution < -0.4 is 20.4 Å². The molecule has 0 spiro atoms. The lowest BCUT2D eigenvalue weighted by atomic mass is 10.1. The summed E-state index contributed by atoms with van der Waals surface area (Å²) in [6.07, 6.45) is 0. The topological polar surface area (TPSA) is 104 Å². The van der Waals surface area contributed by atoms with Crippen LogP contribution in [-0.2, 0) is 9.53 Å². The Morgan fingerprint density at radius 1 is 1.03 bits per heavy atom. The first-order chi connectivity index (χ1) is 14.1. The first-order valence-electron chi connectivity index (χ1n) is 8.80. The molecule has 0 radical (unpaired) electrons. The van der Waals surface area contributed by atoms with Gasteiger partial charge in [0.25, 0.3) is 5.91 Å². The maximum absolute atomic E-state index is 12.1. The number of ether oxygens (including phenoxy) is 3. The first kappa shape index (κ1) is 20.1. The third-order valence-corrected chi connectivity index (χ3v) is 3.88. The molecule has 8 nitrogen and oxygen atoms in total. The van der Waals surface area contributed by atoms with Crippen LogP contribution in [-0.4, -0.2) is 38.7 Å². The Morgan fingerprint density at radius 2 is 1.83 bits per heavy atom. The molecule has 0 saturated heterocycles. The fourth-order valence-electron chi connectivity index (χ4n) is 2.50. The first-order valence-corrected chi connectivity index (χ1v) is 8.80. The van der Waals surface area contributed by atoms with E-state index >= 15 is 0 Å². The Morgan fingerprint density at radius 3 is 2.59 bits per heavy atom. The zero-order chi connectivity index (χ0) is 20.6. The minimum Gasteiger partial charge on any atom is -0.482 e. The van der Waals surface area contributed by atoms with E-state index in [9.17, 15) is 14.4 Å². The van der Waals surface area contributed by atoms with Gasteiger partial charge in [-0.15, -0.1) is 0 Å². The maximum Gasteiger partial charge on any atom is 0.349 e. The van der Waals surface area contributed by atoms with Crippen LogP contribution in [0.25, 0.3) is 11.0 Å². The van der Waals surface area contributed by atoms with Crippen molar-refractivity contribution >= 4 is 22.8 Å². The molecule has 1 heterocycles. The summed E-state index contributed by atoms with van der Waals surface area (Å²) in [6, 6.07) is 14.8. The predicted octanol–water partition coefficient (Wildman–Crippen LogP) is 2.15. The molecule has 2 aromatic carbocycles. The van der Waals surface area contributed by atoms with Gasteiger partial charge in [0.2, 0.25) is 0 Å². The zero-order valence-electron chi connectivity index (χ0n) is 15.7. The molecule has 0 unspecified atom stereocenters. The van der Waals surface area contributed by atoms with E-state index in [0.717, 1.165) is 0 Å². The van der Waals surface area contributed by atoms with Crippen molar-refractivity contribution in [2.75, 3.05) is 26.9 Å². The van der Waals surface area contributed by atoms with Gasteiger partial charge in [-0.05, 0) is 30.3 Å². The van der Waals surface area contributed by atoms with Gasteiger partial charge in [-0.3, -0.25) is 4.79 Å². The summed E-state index contributed by atoms with van der Waals surface area (Å²) < 4.78 is 20.6. The molecule has 150 valence electrons. The molecule has 1 amide bonds. The Hall–Kier alpha value is -3.65. The number of hydrogen-bond acceptors (Lipinski definition) is 7. The minimum absolute atomic E-state index is 0.116. The molecule has 3 aromatic rings. The fourth-order valence-corrected chi connectivity index (χ4v) is 2.50. The van der Waals surface area contributed by atoms with Gasteiger partial charge in [-0.1, -0.05) is 18.2 Å². The van der Waals surface area contributed by atoms with Crippen LogP contribution in [0.2, 0.25) is 0 Å². The molecule has 1 aromatic heterocycles. The lowest BCUT2D eigenvalue weighted by Crippen LogP contribution is -2.30. The molecule has 1 N–H and O–H groups in total. The molecule has 0 saturated carbocycles. The number of amides is 1. The zero-order valence-corrected chi connectivity index (χ0v) is 15.7. The summed E-state index contributed by atoms with van der Waals surface area (Å²) in [7, 11) is 1.51. The van der Waals surface area contributed by atoms with E-state index in [2.05, 4.69) is 5.32 Å². The highest BCUT2D eigenvalue weighted by atomic mass is 16.6. The van der Waals surface area contributed by atoms with Crippen LogP contribution in [0, 0.1) is 0 Å². The van der Waals surface area contributed by atoms with Crippen LogP contribution in [0.15, 0.2) is 63.8 Å². The third-order valence-electron chi connectivity index (χ3n) is 3.88. The number of nitrogens with one attached hydrogen (secondary N) is 1. The Kier molecular flexibility index (Phi) is 6.59. The van der Waals surface area contributed by atoms with E-state index in [-0.39, 0.29) is 30.0 Å². The highest BCUT2D eigenvalue weighted by Crippen LogP contribution is 2.21. The van der Waals surface area contributed by atoms with Crippen molar-refractivity contribution in [2.45, 2.75) is 0 Å². The van der Waals surface area contributed by atoms with Gasteiger partial charge in [-0.2, -0.15) is 0 Å². The number of hydrogen-bond donors (Lipinski definition) is 1. The smallest absolute Gasteiger partial charge is 0.349 e. The second kappa shape index (κ2) is 9.52. The molecule has 0 aliphatic heterocycles. The maximum atomic E-state index is 12.1. The predicted molar refractivity (Wildman–Crippen MR) is 104 cm³/mol. The van der Waals surface area contributed by atoms with Gasteiger partial charge in [0, 0.05) is 25.1 Å². The van der Waals surface area contributed by atoms with Crippen molar-refractivity contribution < 1.29 is 28.2 Å². The van der Waals surface area contributed by atoms with E-state index in [4.69, 9.17) is 18.6 Å². The SMILES string of the molecule is COCCNC(=O)c1cc2ccc(OC(=O)COc3ccccc3)cc2oc1=O. The molecule has 0 bridgehead atoms. The van der Waals surface area contributed by atoms with Gasteiger partial charge in [0.15, 0.2) is 6.61 Å². The van der Waals surface area contributed by atoms with Crippen molar-refractivity contribution in [2.24, 2.45) is 0 Å².